The molecule has 7 nitrogen and oxygen atoms in total. The first-order valence-electron chi connectivity index (χ1n) is 10.9. The van der Waals surface area contributed by atoms with E-state index in [2.05, 4.69) is 48.3 Å². The minimum absolute atomic E-state index is 0.149. The highest BCUT2D eigenvalue weighted by Gasteiger charge is 2.31. The van der Waals surface area contributed by atoms with Crippen LogP contribution in [0.4, 0.5) is 0 Å². The Kier molecular flexibility index (Phi) is 6.93. The van der Waals surface area contributed by atoms with Crippen molar-refractivity contribution >= 4 is 15.9 Å². The molecule has 1 aromatic heterocycles. The molecular formula is C23H34N4O3S. The number of benzene rings is 1. The van der Waals surface area contributed by atoms with Crippen molar-refractivity contribution in [1.29, 1.82) is 0 Å². The quantitative estimate of drug-likeness (QED) is 0.676. The number of carbonyl (C=O) groups is 1. The van der Waals surface area contributed by atoms with Crippen LogP contribution in [0.1, 0.15) is 49.3 Å². The van der Waals surface area contributed by atoms with Gasteiger partial charge in [0.05, 0.1) is 0 Å². The van der Waals surface area contributed by atoms with Crippen LogP contribution in [-0.2, 0) is 30.0 Å². The van der Waals surface area contributed by atoms with Gasteiger partial charge in [-0.3, -0.25) is 9.69 Å². The smallest absolute Gasteiger partial charge is 0.268 e. The Morgan fingerprint density at radius 3 is 2.45 bits per heavy atom. The SMILES string of the molecule is CCN(CC)S(=O)(=O)c1cc(C(=O)NCC(C)(C)N2CCc3ccccc3C2)n(C)c1. The second-order valence-electron chi connectivity index (χ2n) is 8.70. The Morgan fingerprint density at radius 2 is 1.81 bits per heavy atom. The van der Waals surface area contributed by atoms with Crippen molar-refractivity contribution in [1.82, 2.24) is 19.1 Å². The fourth-order valence-electron chi connectivity index (χ4n) is 4.12. The van der Waals surface area contributed by atoms with Gasteiger partial charge in [0.25, 0.3) is 5.91 Å². The molecule has 1 aliphatic rings. The van der Waals surface area contributed by atoms with E-state index in [0.29, 0.717) is 25.3 Å². The van der Waals surface area contributed by atoms with Gasteiger partial charge in [0.1, 0.15) is 10.6 Å². The van der Waals surface area contributed by atoms with Crippen LogP contribution in [0.5, 0.6) is 0 Å². The average Bonchev–Trinajstić information content (AvgIpc) is 3.15. The maximum Gasteiger partial charge on any atom is 0.268 e. The van der Waals surface area contributed by atoms with E-state index in [1.54, 1.807) is 25.5 Å². The third kappa shape index (κ3) is 4.86. The normalized spacial score (nSPS) is 15.2. The van der Waals surface area contributed by atoms with Crippen molar-refractivity contribution in [2.75, 3.05) is 26.2 Å². The van der Waals surface area contributed by atoms with E-state index in [1.807, 2.05) is 0 Å². The Morgan fingerprint density at radius 1 is 1.16 bits per heavy atom. The zero-order valence-corrected chi connectivity index (χ0v) is 20.0. The molecule has 1 aliphatic heterocycles. The van der Waals surface area contributed by atoms with Crippen LogP contribution in [0.25, 0.3) is 0 Å². The molecular weight excluding hydrogens is 412 g/mol. The lowest BCUT2D eigenvalue weighted by molar-refractivity contribution is 0.0820. The van der Waals surface area contributed by atoms with E-state index in [9.17, 15) is 13.2 Å². The fraction of sp³-hybridized carbons (Fsp3) is 0.522. The second kappa shape index (κ2) is 9.14. The third-order valence-corrected chi connectivity index (χ3v) is 8.24. The predicted molar refractivity (Wildman–Crippen MR) is 122 cm³/mol. The molecule has 0 fully saturated rings. The molecule has 0 bridgehead atoms. The first kappa shape index (κ1) is 23.5. The molecule has 1 aromatic carbocycles. The maximum absolute atomic E-state index is 12.9. The van der Waals surface area contributed by atoms with Gasteiger partial charge in [-0.05, 0) is 37.5 Å². The molecule has 170 valence electrons. The highest BCUT2D eigenvalue weighted by Crippen LogP contribution is 2.25. The Balaban J connectivity index is 1.69. The molecule has 0 radical (unpaired) electrons. The van der Waals surface area contributed by atoms with E-state index < -0.39 is 10.0 Å². The molecule has 8 heteroatoms. The number of nitrogens with zero attached hydrogens (tertiary/aromatic N) is 3. The summed E-state index contributed by atoms with van der Waals surface area (Å²) in [6.45, 7) is 10.9. The molecule has 3 rings (SSSR count). The van der Waals surface area contributed by atoms with Crippen molar-refractivity contribution in [3.63, 3.8) is 0 Å². The number of aryl methyl sites for hydroxylation is 1. The first-order chi connectivity index (χ1) is 14.6. The van der Waals surface area contributed by atoms with Crippen LogP contribution in [0, 0.1) is 0 Å². The third-order valence-electron chi connectivity index (χ3n) is 6.22. The van der Waals surface area contributed by atoms with E-state index in [1.165, 1.54) is 27.7 Å². The highest BCUT2D eigenvalue weighted by atomic mass is 32.2. The largest absolute Gasteiger partial charge is 0.349 e. The van der Waals surface area contributed by atoms with Crippen molar-refractivity contribution < 1.29 is 13.2 Å². The summed E-state index contributed by atoms with van der Waals surface area (Å²) in [5.41, 5.74) is 2.83. The Hall–Kier alpha value is -2.16. The number of sulfonamides is 1. The summed E-state index contributed by atoms with van der Waals surface area (Å²) >= 11 is 0. The van der Waals surface area contributed by atoms with Crippen molar-refractivity contribution in [3.05, 3.63) is 53.3 Å². The topological polar surface area (TPSA) is 74.7 Å². The van der Waals surface area contributed by atoms with Gasteiger partial charge in [-0.25, -0.2) is 8.42 Å². The zero-order chi connectivity index (χ0) is 22.8. The molecule has 0 aliphatic carbocycles. The number of rotatable bonds is 8. The molecule has 31 heavy (non-hydrogen) atoms. The Labute approximate surface area is 186 Å². The molecule has 1 amide bonds. The molecule has 0 spiro atoms. The van der Waals surface area contributed by atoms with Gasteiger partial charge in [0.15, 0.2) is 0 Å². The van der Waals surface area contributed by atoms with Gasteiger partial charge in [-0.15, -0.1) is 0 Å². The van der Waals surface area contributed by atoms with Gasteiger partial charge in [-0.2, -0.15) is 4.31 Å². The van der Waals surface area contributed by atoms with E-state index in [4.69, 9.17) is 0 Å². The predicted octanol–water partition coefficient (Wildman–Crippen LogP) is 2.62. The number of aromatic nitrogens is 1. The molecule has 1 N–H and O–H groups in total. The van der Waals surface area contributed by atoms with Crippen molar-refractivity contribution in [2.45, 2.75) is 51.1 Å². The summed E-state index contributed by atoms with van der Waals surface area (Å²) in [6, 6.07) is 9.95. The van der Waals surface area contributed by atoms with E-state index >= 15 is 0 Å². The number of hydrogen-bond donors (Lipinski definition) is 1. The van der Waals surface area contributed by atoms with Crippen molar-refractivity contribution in [3.8, 4) is 0 Å². The highest BCUT2D eigenvalue weighted by molar-refractivity contribution is 7.89. The second-order valence-corrected chi connectivity index (χ2v) is 10.6. The molecule has 0 saturated carbocycles. The minimum Gasteiger partial charge on any atom is -0.349 e. The van der Waals surface area contributed by atoms with Crippen LogP contribution in [0.15, 0.2) is 41.4 Å². The first-order valence-corrected chi connectivity index (χ1v) is 12.3. The van der Waals surface area contributed by atoms with Gasteiger partial charge in [0, 0.05) is 51.5 Å². The minimum atomic E-state index is -3.60. The Bertz CT molecular complexity index is 1040. The number of hydrogen-bond acceptors (Lipinski definition) is 4. The number of nitrogens with one attached hydrogen (secondary N) is 1. The molecule has 0 atom stereocenters. The lowest BCUT2D eigenvalue weighted by Gasteiger charge is -2.41. The lowest BCUT2D eigenvalue weighted by atomic mass is 9.94. The number of carbonyl (C=O) groups excluding carboxylic acids is 1. The number of fused-ring (bicyclic) bond motifs is 1. The fourth-order valence-corrected chi connectivity index (χ4v) is 5.65. The average molecular weight is 447 g/mol. The summed E-state index contributed by atoms with van der Waals surface area (Å²) in [4.78, 5) is 15.4. The van der Waals surface area contributed by atoms with E-state index in [-0.39, 0.29) is 16.3 Å². The van der Waals surface area contributed by atoms with Crippen LogP contribution in [0.2, 0.25) is 0 Å². The lowest BCUT2D eigenvalue weighted by Crippen LogP contribution is -2.53. The summed E-state index contributed by atoms with van der Waals surface area (Å²) in [5, 5.41) is 3.01. The molecule has 0 saturated heterocycles. The molecule has 2 aromatic rings. The van der Waals surface area contributed by atoms with Crippen LogP contribution < -0.4 is 5.32 Å². The molecule has 0 unspecified atom stereocenters. The summed E-state index contributed by atoms with van der Waals surface area (Å²) in [6.07, 6.45) is 2.51. The van der Waals surface area contributed by atoms with Crippen molar-refractivity contribution in [2.24, 2.45) is 7.05 Å². The van der Waals surface area contributed by atoms with Gasteiger partial charge in [-0.1, -0.05) is 38.1 Å². The zero-order valence-electron chi connectivity index (χ0n) is 19.2. The van der Waals surface area contributed by atoms with E-state index in [0.717, 1.165) is 19.5 Å². The maximum atomic E-state index is 12.9. The number of amides is 1. The summed E-state index contributed by atoms with van der Waals surface area (Å²) < 4.78 is 28.5. The monoisotopic (exact) mass is 446 g/mol. The van der Waals surface area contributed by atoms with Gasteiger partial charge in [0.2, 0.25) is 10.0 Å². The summed E-state index contributed by atoms with van der Waals surface area (Å²) in [7, 11) is -1.90. The van der Waals surface area contributed by atoms with Crippen LogP contribution in [0.3, 0.4) is 0 Å². The van der Waals surface area contributed by atoms with Crippen LogP contribution in [-0.4, -0.2) is 59.8 Å². The van der Waals surface area contributed by atoms with Gasteiger partial charge < -0.3 is 9.88 Å². The molecule has 2 heterocycles. The van der Waals surface area contributed by atoms with Gasteiger partial charge >= 0.3 is 0 Å². The standard InChI is InChI=1S/C23H34N4O3S/c1-6-27(7-2)31(29,30)20-14-21(25(5)16-20)22(28)24-17-23(3,4)26-13-12-18-10-8-9-11-19(18)15-26/h8-11,14,16H,6-7,12-13,15,17H2,1-5H3,(H,24,28). The summed E-state index contributed by atoms with van der Waals surface area (Å²) in [5.74, 6) is -0.269. The van der Waals surface area contributed by atoms with Crippen LogP contribution >= 0.6 is 0 Å².